The van der Waals surface area contributed by atoms with E-state index in [4.69, 9.17) is 16.9 Å². The first-order chi connectivity index (χ1) is 9.15. The molecular formula is C13H14ClF2N3. The Bertz CT molecular complexity index is 495. The number of benzene rings is 1. The van der Waals surface area contributed by atoms with Crippen LogP contribution in [0, 0.1) is 23.0 Å². The number of nitrogens with one attached hydrogen (secondary N) is 1. The maximum atomic E-state index is 14.1. The lowest BCUT2D eigenvalue weighted by Crippen LogP contribution is -2.45. The molecule has 1 aliphatic rings. The Kier molecular flexibility index (Phi) is 4.70. The summed E-state index contributed by atoms with van der Waals surface area (Å²) >= 11 is 5.71. The van der Waals surface area contributed by atoms with Crippen molar-refractivity contribution in [2.75, 3.05) is 26.2 Å². The van der Waals surface area contributed by atoms with Gasteiger partial charge in [0.25, 0.3) is 0 Å². The number of rotatable bonds is 3. The minimum Gasteiger partial charge on any atom is -0.314 e. The molecule has 0 saturated carbocycles. The third-order valence-electron chi connectivity index (χ3n) is 3.29. The molecule has 0 bridgehead atoms. The molecule has 1 fully saturated rings. The second-order valence-corrected chi connectivity index (χ2v) is 4.83. The molecule has 0 radical (unpaired) electrons. The summed E-state index contributed by atoms with van der Waals surface area (Å²) < 4.78 is 28.0. The van der Waals surface area contributed by atoms with Crippen molar-refractivity contribution in [2.45, 2.75) is 12.5 Å². The lowest BCUT2D eigenvalue weighted by molar-refractivity contribution is 0.169. The van der Waals surface area contributed by atoms with E-state index >= 15 is 0 Å². The zero-order valence-electron chi connectivity index (χ0n) is 10.3. The maximum Gasteiger partial charge on any atom is 0.149 e. The quantitative estimate of drug-likeness (QED) is 0.867. The highest BCUT2D eigenvalue weighted by Gasteiger charge is 2.28. The van der Waals surface area contributed by atoms with Crippen molar-refractivity contribution in [1.29, 1.82) is 5.26 Å². The van der Waals surface area contributed by atoms with Gasteiger partial charge in [-0.1, -0.05) is 11.6 Å². The first-order valence-electron chi connectivity index (χ1n) is 6.10. The lowest BCUT2D eigenvalue weighted by Gasteiger charge is -2.34. The highest BCUT2D eigenvalue weighted by molar-refractivity contribution is 6.30. The van der Waals surface area contributed by atoms with Crippen molar-refractivity contribution in [3.05, 3.63) is 34.4 Å². The van der Waals surface area contributed by atoms with Gasteiger partial charge >= 0.3 is 0 Å². The van der Waals surface area contributed by atoms with Gasteiger partial charge in [-0.15, -0.1) is 0 Å². The fraction of sp³-hybridized carbons (Fsp3) is 0.462. The standard InChI is InChI=1S/C13H14ClF2N3/c14-9-1-2-10(15)12(13(9)16)11(3-4-17)19-7-5-18-6-8-19/h1-2,11,18H,3,5-8H2/t11-/m0/s1. The van der Waals surface area contributed by atoms with E-state index in [1.54, 1.807) is 0 Å². The molecule has 0 unspecified atom stereocenters. The smallest absolute Gasteiger partial charge is 0.149 e. The number of hydrogen-bond donors (Lipinski definition) is 1. The largest absolute Gasteiger partial charge is 0.314 e. The zero-order chi connectivity index (χ0) is 13.8. The van der Waals surface area contributed by atoms with Crippen LogP contribution in [0.1, 0.15) is 18.0 Å². The molecule has 1 heterocycles. The Hall–Kier alpha value is -1.22. The summed E-state index contributed by atoms with van der Waals surface area (Å²) in [4.78, 5) is 1.91. The van der Waals surface area contributed by atoms with Crippen molar-refractivity contribution in [3.8, 4) is 6.07 Å². The molecule has 3 nitrogen and oxygen atoms in total. The Morgan fingerprint density at radius 3 is 2.68 bits per heavy atom. The van der Waals surface area contributed by atoms with Gasteiger partial charge in [-0.3, -0.25) is 4.90 Å². The Labute approximate surface area is 115 Å². The summed E-state index contributed by atoms with van der Waals surface area (Å²) in [5.74, 6) is -1.42. The van der Waals surface area contributed by atoms with E-state index in [-0.39, 0.29) is 17.0 Å². The highest BCUT2D eigenvalue weighted by atomic mass is 35.5. The molecule has 6 heteroatoms. The summed E-state index contributed by atoms with van der Waals surface area (Å²) in [6.45, 7) is 2.78. The van der Waals surface area contributed by atoms with Crippen molar-refractivity contribution < 1.29 is 8.78 Å². The molecular weight excluding hydrogens is 272 g/mol. The third-order valence-corrected chi connectivity index (χ3v) is 3.58. The Balaban J connectivity index is 2.38. The molecule has 1 aliphatic heterocycles. The number of piperazine rings is 1. The van der Waals surface area contributed by atoms with Crippen LogP contribution in [0.25, 0.3) is 0 Å². The van der Waals surface area contributed by atoms with Crippen LogP contribution in [0.3, 0.4) is 0 Å². The van der Waals surface area contributed by atoms with Crippen LogP contribution >= 0.6 is 11.6 Å². The molecule has 1 aromatic carbocycles. The number of nitriles is 1. The SMILES string of the molecule is N#CC[C@@H](c1c(F)ccc(Cl)c1F)N1CCNCC1. The van der Waals surface area contributed by atoms with Gasteiger partial charge in [0.2, 0.25) is 0 Å². The van der Waals surface area contributed by atoms with Gasteiger partial charge in [-0.05, 0) is 12.1 Å². The Morgan fingerprint density at radius 2 is 2.05 bits per heavy atom. The van der Waals surface area contributed by atoms with Crippen LogP contribution in [-0.4, -0.2) is 31.1 Å². The zero-order valence-corrected chi connectivity index (χ0v) is 11.1. The molecule has 0 spiro atoms. The van der Waals surface area contributed by atoms with E-state index in [1.807, 2.05) is 11.0 Å². The molecule has 102 valence electrons. The minimum absolute atomic E-state index is 0.0359. The average molecular weight is 286 g/mol. The second-order valence-electron chi connectivity index (χ2n) is 4.42. The number of hydrogen-bond acceptors (Lipinski definition) is 3. The van der Waals surface area contributed by atoms with Gasteiger partial charge < -0.3 is 5.32 Å². The van der Waals surface area contributed by atoms with Crippen LogP contribution < -0.4 is 5.32 Å². The molecule has 1 saturated heterocycles. The topological polar surface area (TPSA) is 39.1 Å². The second kappa shape index (κ2) is 6.29. The predicted octanol–water partition coefficient (Wildman–Crippen LogP) is 2.48. The maximum absolute atomic E-state index is 14.1. The minimum atomic E-state index is -0.763. The summed E-state index contributed by atoms with van der Waals surface area (Å²) in [6, 6.07) is 3.74. The van der Waals surface area contributed by atoms with E-state index in [2.05, 4.69) is 5.32 Å². The first kappa shape index (κ1) is 14.2. The summed E-state index contributed by atoms with van der Waals surface area (Å²) in [7, 11) is 0. The van der Waals surface area contributed by atoms with E-state index in [0.717, 1.165) is 19.2 Å². The summed E-state index contributed by atoms with van der Waals surface area (Å²) in [5, 5.41) is 12.0. The van der Waals surface area contributed by atoms with E-state index < -0.39 is 17.7 Å². The predicted molar refractivity (Wildman–Crippen MR) is 68.8 cm³/mol. The third kappa shape index (κ3) is 3.03. The molecule has 2 rings (SSSR count). The lowest BCUT2D eigenvalue weighted by atomic mass is 10.0. The fourth-order valence-electron chi connectivity index (χ4n) is 2.34. The van der Waals surface area contributed by atoms with Gasteiger partial charge in [0.15, 0.2) is 0 Å². The van der Waals surface area contributed by atoms with Crippen LogP contribution in [0.2, 0.25) is 5.02 Å². The fourth-order valence-corrected chi connectivity index (χ4v) is 2.51. The van der Waals surface area contributed by atoms with Crippen LogP contribution in [0.15, 0.2) is 12.1 Å². The Morgan fingerprint density at radius 1 is 1.37 bits per heavy atom. The number of halogens is 3. The van der Waals surface area contributed by atoms with Gasteiger partial charge in [0.05, 0.1) is 23.6 Å². The van der Waals surface area contributed by atoms with Crippen molar-refractivity contribution >= 4 is 11.6 Å². The first-order valence-corrected chi connectivity index (χ1v) is 6.48. The average Bonchev–Trinajstić information content (AvgIpc) is 2.43. The molecule has 0 aromatic heterocycles. The highest BCUT2D eigenvalue weighted by Crippen LogP contribution is 2.32. The van der Waals surface area contributed by atoms with Crippen LogP contribution in [0.5, 0.6) is 0 Å². The van der Waals surface area contributed by atoms with E-state index in [1.165, 1.54) is 6.07 Å². The van der Waals surface area contributed by atoms with Crippen molar-refractivity contribution in [3.63, 3.8) is 0 Å². The van der Waals surface area contributed by atoms with Crippen molar-refractivity contribution in [2.24, 2.45) is 0 Å². The molecule has 19 heavy (non-hydrogen) atoms. The van der Waals surface area contributed by atoms with Gasteiger partial charge in [0.1, 0.15) is 11.6 Å². The monoisotopic (exact) mass is 285 g/mol. The van der Waals surface area contributed by atoms with Crippen LogP contribution in [-0.2, 0) is 0 Å². The molecule has 1 N–H and O–H groups in total. The summed E-state index contributed by atoms with van der Waals surface area (Å²) in [6.07, 6.45) is 0.0359. The summed E-state index contributed by atoms with van der Waals surface area (Å²) in [5.41, 5.74) is -0.101. The normalized spacial score (nSPS) is 18.0. The molecule has 0 aliphatic carbocycles. The van der Waals surface area contributed by atoms with Crippen LogP contribution in [0.4, 0.5) is 8.78 Å². The number of nitrogens with zero attached hydrogens (tertiary/aromatic N) is 2. The molecule has 1 aromatic rings. The van der Waals surface area contributed by atoms with E-state index in [0.29, 0.717) is 13.1 Å². The van der Waals surface area contributed by atoms with Gasteiger partial charge in [-0.2, -0.15) is 5.26 Å². The van der Waals surface area contributed by atoms with Gasteiger partial charge in [0, 0.05) is 31.7 Å². The molecule has 1 atom stereocenters. The molecule has 0 amide bonds. The van der Waals surface area contributed by atoms with Gasteiger partial charge in [-0.25, -0.2) is 8.78 Å². The van der Waals surface area contributed by atoms with E-state index in [9.17, 15) is 8.78 Å². The van der Waals surface area contributed by atoms with Crippen molar-refractivity contribution in [1.82, 2.24) is 10.2 Å².